The first-order valence-electron chi connectivity index (χ1n) is 7.82. The average Bonchev–Trinajstić information content (AvgIpc) is 2.89. The molecule has 0 saturated carbocycles. The fraction of sp³-hybridized carbons (Fsp3) is 0.222. The van der Waals surface area contributed by atoms with Gasteiger partial charge in [0.1, 0.15) is 5.03 Å². The van der Waals surface area contributed by atoms with Crippen molar-refractivity contribution >= 4 is 35.2 Å². The molecular weight excluding hydrogens is 340 g/mol. The van der Waals surface area contributed by atoms with E-state index in [0.29, 0.717) is 5.69 Å². The quantitative estimate of drug-likeness (QED) is 0.829. The third-order valence-electron chi connectivity index (χ3n) is 3.96. The van der Waals surface area contributed by atoms with Crippen LogP contribution >= 0.6 is 11.8 Å². The van der Waals surface area contributed by atoms with Gasteiger partial charge in [-0.15, -0.1) is 0 Å². The van der Waals surface area contributed by atoms with Gasteiger partial charge in [-0.3, -0.25) is 9.59 Å². The second kappa shape index (κ2) is 7.06. The minimum absolute atomic E-state index is 0.0225. The van der Waals surface area contributed by atoms with E-state index in [1.165, 1.54) is 23.2 Å². The molecule has 3 rings (SSSR count). The smallest absolute Gasteiger partial charge is 0.338 e. The van der Waals surface area contributed by atoms with Crippen LogP contribution in [0, 0.1) is 0 Å². The van der Waals surface area contributed by atoms with E-state index in [1.807, 2.05) is 19.1 Å². The molecule has 7 heteroatoms. The zero-order valence-corrected chi connectivity index (χ0v) is 14.3. The normalized spacial score (nSPS) is 17.2. The number of carbonyl (C=O) groups is 3. The zero-order chi connectivity index (χ0) is 18.0. The van der Waals surface area contributed by atoms with Crippen molar-refractivity contribution < 1.29 is 19.5 Å². The molecule has 1 fully saturated rings. The molecule has 0 radical (unpaired) electrons. The van der Waals surface area contributed by atoms with E-state index in [1.54, 1.807) is 12.1 Å². The van der Waals surface area contributed by atoms with Gasteiger partial charge in [-0.25, -0.2) is 14.7 Å². The highest BCUT2D eigenvalue weighted by Gasteiger charge is 2.40. The maximum Gasteiger partial charge on any atom is 0.338 e. The second-order valence-corrected chi connectivity index (χ2v) is 6.75. The molecule has 6 nitrogen and oxygen atoms in total. The molecule has 1 saturated heterocycles. The van der Waals surface area contributed by atoms with Gasteiger partial charge >= 0.3 is 5.97 Å². The predicted octanol–water partition coefficient (Wildman–Crippen LogP) is 2.77. The molecule has 25 heavy (non-hydrogen) atoms. The molecule has 0 aliphatic carbocycles. The number of carbonyl (C=O) groups excluding carboxylic acids is 2. The summed E-state index contributed by atoms with van der Waals surface area (Å²) in [5.74, 6) is -1.75. The first-order valence-corrected chi connectivity index (χ1v) is 8.70. The Bertz CT molecular complexity index is 835. The fourth-order valence-corrected chi connectivity index (χ4v) is 3.74. The largest absolute Gasteiger partial charge is 0.478 e. The Morgan fingerprint density at radius 2 is 2.00 bits per heavy atom. The van der Waals surface area contributed by atoms with Crippen molar-refractivity contribution in [3.05, 3.63) is 53.7 Å². The molecule has 2 heterocycles. The average molecular weight is 356 g/mol. The maximum atomic E-state index is 12.7. The molecule has 2 amide bonds. The molecule has 1 aromatic carbocycles. The second-order valence-electron chi connectivity index (χ2n) is 5.56. The summed E-state index contributed by atoms with van der Waals surface area (Å²) in [6, 6.07) is 10.2. The maximum absolute atomic E-state index is 12.7. The Labute approximate surface area is 148 Å². The minimum Gasteiger partial charge on any atom is -0.478 e. The van der Waals surface area contributed by atoms with Crippen LogP contribution in [0.1, 0.15) is 29.3 Å². The Kier molecular flexibility index (Phi) is 4.85. The Morgan fingerprint density at radius 3 is 2.64 bits per heavy atom. The monoisotopic (exact) mass is 356 g/mol. The number of thioether (sulfide) groups is 1. The van der Waals surface area contributed by atoms with Crippen LogP contribution in [0.5, 0.6) is 0 Å². The van der Waals surface area contributed by atoms with Gasteiger partial charge in [0.2, 0.25) is 11.8 Å². The van der Waals surface area contributed by atoms with Crippen LogP contribution in [0.3, 0.4) is 0 Å². The number of anilines is 1. The highest BCUT2D eigenvalue weighted by Crippen LogP contribution is 2.34. The van der Waals surface area contributed by atoms with Crippen LogP contribution in [0.25, 0.3) is 0 Å². The number of amides is 2. The van der Waals surface area contributed by atoms with Gasteiger partial charge in [-0.05, 0) is 36.2 Å². The lowest BCUT2D eigenvalue weighted by atomic mass is 10.1. The van der Waals surface area contributed by atoms with E-state index in [9.17, 15) is 19.5 Å². The highest BCUT2D eigenvalue weighted by atomic mass is 32.2. The number of hydrogen-bond donors (Lipinski definition) is 1. The minimum atomic E-state index is -1.11. The molecule has 0 bridgehead atoms. The number of aromatic carboxylic acids is 1. The summed E-state index contributed by atoms with van der Waals surface area (Å²) in [4.78, 5) is 41.5. The van der Waals surface area contributed by atoms with Gasteiger partial charge in [-0.2, -0.15) is 0 Å². The number of carboxylic acids is 1. The van der Waals surface area contributed by atoms with Crippen molar-refractivity contribution in [1.29, 1.82) is 0 Å². The van der Waals surface area contributed by atoms with Gasteiger partial charge in [0.15, 0.2) is 0 Å². The van der Waals surface area contributed by atoms with Crippen LogP contribution in [-0.2, 0) is 16.0 Å². The molecule has 1 aliphatic rings. The highest BCUT2D eigenvalue weighted by molar-refractivity contribution is 8.00. The van der Waals surface area contributed by atoms with E-state index >= 15 is 0 Å². The van der Waals surface area contributed by atoms with Crippen molar-refractivity contribution in [2.45, 2.75) is 30.0 Å². The molecule has 1 aliphatic heterocycles. The number of imide groups is 1. The molecule has 1 N–H and O–H groups in total. The summed E-state index contributed by atoms with van der Waals surface area (Å²) >= 11 is 1.02. The number of benzene rings is 1. The van der Waals surface area contributed by atoms with Gasteiger partial charge in [0.05, 0.1) is 16.5 Å². The molecule has 2 aromatic rings. The van der Waals surface area contributed by atoms with Crippen molar-refractivity contribution in [2.75, 3.05) is 4.90 Å². The lowest BCUT2D eigenvalue weighted by molar-refractivity contribution is -0.121. The van der Waals surface area contributed by atoms with Gasteiger partial charge in [-0.1, -0.05) is 30.8 Å². The number of hydrogen-bond acceptors (Lipinski definition) is 5. The summed E-state index contributed by atoms with van der Waals surface area (Å²) in [6.07, 6.45) is 2.37. The molecule has 0 spiro atoms. The number of aryl methyl sites for hydroxylation is 1. The van der Waals surface area contributed by atoms with Gasteiger partial charge < -0.3 is 5.11 Å². The van der Waals surface area contributed by atoms with E-state index in [4.69, 9.17) is 0 Å². The third kappa shape index (κ3) is 3.41. The van der Waals surface area contributed by atoms with Crippen LogP contribution in [0.15, 0.2) is 47.6 Å². The molecule has 128 valence electrons. The lowest BCUT2D eigenvalue weighted by Gasteiger charge is -2.15. The number of pyridine rings is 1. The standard InChI is InChI=1S/C18H16N2O4S/c1-2-11-5-7-12(8-6-11)20-15(21)10-14(17(20)22)25-16-13(18(23)24)4-3-9-19-16/h3-9,14H,2,10H2,1H3,(H,23,24)/t14-/m1/s1. The van der Waals surface area contributed by atoms with Gasteiger partial charge in [0.25, 0.3) is 0 Å². The first kappa shape index (κ1) is 17.2. The van der Waals surface area contributed by atoms with Crippen LogP contribution < -0.4 is 4.90 Å². The molecule has 1 atom stereocenters. The van der Waals surface area contributed by atoms with E-state index in [-0.39, 0.29) is 28.8 Å². The Morgan fingerprint density at radius 1 is 1.28 bits per heavy atom. The molecule has 0 unspecified atom stereocenters. The first-order chi connectivity index (χ1) is 12.0. The van der Waals surface area contributed by atoms with E-state index in [0.717, 1.165) is 23.7 Å². The molecule has 1 aromatic heterocycles. The zero-order valence-electron chi connectivity index (χ0n) is 13.5. The van der Waals surface area contributed by atoms with Crippen LogP contribution in [-0.4, -0.2) is 33.1 Å². The Hall–Kier alpha value is -2.67. The number of carboxylic acid groups (broad SMARTS) is 1. The van der Waals surface area contributed by atoms with Crippen molar-refractivity contribution in [3.8, 4) is 0 Å². The summed E-state index contributed by atoms with van der Waals surface area (Å²) in [5, 5.41) is 8.79. The summed E-state index contributed by atoms with van der Waals surface area (Å²) in [7, 11) is 0. The van der Waals surface area contributed by atoms with Crippen molar-refractivity contribution in [1.82, 2.24) is 4.98 Å². The van der Waals surface area contributed by atoms with Crippen molar-refractivity contribution in [3.63, 3.8) is 0 Å². The topological polar surface area (TPSA) is 87.6 Å². The summed E-state index contributed by atoms with van der Waals surface area (Å²) in [5.41, 5.74) is 1.68. The number of aromatic nitrogens is 1. The SMILES string of the molecule is CCc1ccc(N2C(=O)C[C@@H](Sc3ncccc3C(=O)O)C2=O)cc1. The molecular formula is C18H16N2O4S. The predicted molar refractivity (Wildman–Crippen MR) is 93.8 cm³/mol. The number of nitrogens with zero attached hydrogens (tertiary/aromatic N) is 2. The van der Waals surface area contributed by atoms with Crippen LogP contribution in [0.4, 0.5) is 5.69 Å². The fourth-order valence-electron chi connectivity index (χ4n) is 2.63. The summed E-state index contributed by atoms with van der Waals surface area (Å²) < 4.78 is 0. The summed E-state index contributed by atoms with van der Waals surface area (Å²) in [6.45, 7) is 2.03. The third-order valence-corrected chi connectivity index (χ3v) is 5.16. The van der Waals surface area contributed by atoms with Crippen molar-refractivity contribution in [2.24, 2.45) is 0 Å². The lowest BCUT2D eigenvalue weighted by Crippen LogP contribution is -2.31. The van der Waals surface area contributed by atoms with Crippen LogP contribution in [0.2, 0.25) is 0 Å². The number of rotatable bonds is 5. The Balaban J connectivity index is 1.83. The van der Waals surface area contributed by atoms with E-state index in [2.05, 4.69) is 4.98 Å². The van der Waals surface area contributed by atoms with E-state index < -0.39 is 11.2 Å². The van der Waals surface area contributed by atoms with Gasteiger partial charge in [0, 0.05) is 12.6 Å².